The summed E-state index contributed by atoms with van der Waals surface area (Å²) in [7, 11) is 0. The number of imide groups is 1. The highest BCUT2D eigenvalue weighted by Crippen LogP contribution is 2.03. The Hall–Kier alpha value is -0.860. The molecular weight excluding hydrogens is 130 g/mol. The van der Waals surface area contributed by atoms with E-state index in [9.17, 15) is 9.59 Å². The van der Waals surface area contributed by atoms with Crippen molar-refractivity contribution in [1.82, 2.24) is 5.32 Å². The fourth-order valence-corrected chi connectivity index (χ4v) is 0.764. The van der Waals surface area contributed by atoms with E-state index in [2.05, 4.69) is 5.32 Å². The van der Waals surface area contributed by atoms with Gasteiger partial charge < -0.3 is 0 Å². The Morgan fingerprint density at radius 1 is 1.70 bits per heavy atom. The Morgan fingerprint density at radius 2 is 2.30 bits per heavy atom. The van der Waals surface area contributed by atoms with Crippen molar-refractivity contribution >= 4 is 12.3 Å². The van der Waals surface area contributed by atoms with Crippen molar-refractivity contribution in [3.63, 3.8) is 0 Å². The average Bonchev–Trinajstić information content (AvgIpc) is 1.89. The Labute approximate surface area is 60.8 Å². The summed E-state index contributed by atoms with van der Waals surface area (Å²) in [4.78, 5) is 20.6. The van der Waals surface area contributed by atoms with Crippen LogP contribution in [0.4, 0.5) is 0 Å². The zero-order valence-corrected chi connectivity index (χ0v) is 6.39. The molecule has 3 heteroatoms. The predicted octanol–water partition coefficient (Wildman–Crippen LogP) is 0.695. The molecule has 3 nitrogen and oxygen atoms in total. The van der Waals surface area contributed by atoms with E-state index in [1.807, 2.05) is 13.8 Å². The normalized spacial score (nSPS) is 12.2. The molecule has 0 radical (unpaired) electrons. The van der Waals surface area contributed by atoms with Gasteiger partial charge in [0.25, 0.3) is 0 Å². The van der Waals surface area contributed by atoms with E-state index in [-0.39, 0.29) is 11.8 Å². The number of hydrogen-bond donors (Lipinski definition) is 1. The molecule has 0 aromatic rings. The minimum Gasteiger partial charge on any atom is -0.299 e. The number of carbonyl (C=O) groups excluding carboxylic acids is 2. The zero-order valence-electron chi connectivity index (χ0n) is 6.39. The molecule has 0 aromatic carbocycles. The van der Waals surface area contributed by atoms with Crippen molar-refractivity contribution in [3.8, 4) is 0 Å². The van der Waals surface area contributed by atoms with E-state index < -0.39 is 0 Å². The van der Waals surface area contributed by atoms with Crippen LogP contribution in [0, 0.1) is 5.92 Å². The standard InChI is InChI=1S/C7H13NO2/c1-3-4-6(2)7(10)8-5-9/h5-6H,3-4H2,1-2H3,(H,8,9,10). The zero-order chi connectivity index (χ0) is 7.98. The lowest BCUT2D eigenvalue weighted by Crippen LogP contribution is -2.27. The molecule has 1 unspecified atom stereocenters. The van der Waals surface area contributed by atoms with Gasteiger partial charge in [0, 0.05) is 5.92 Å². The molecule has 10 heavy (non-hydrogen) atoms. The fraction of sp³-hybridized carbons (Fsp3) is 0.714. The van der Waals surface area contributed by atoms with Gasteiger partial charge in [-0.05, 0) is 6.42 Å². The van der Waals surface area contributed by atoms with Crippen molar-refractivity contribution < 1.29 is 9.59 Å². The molecule has 0 rings (SSSR count). The van der Waals surface area contributed by atoms with Crippen LogP contribution in [-0.4, -0.2) is 12.3 Å². The largest absolute Gasteiger partial charge is 0.299 e. The molecule has 0 spiro atoms. The van der Waals surface area contributed by atoms with Gasteiger partial charge >= 0.3 is 0 Å². The molecule has 0 saturated carbocycles. The van der Waals surface area contributed by atoms with Gasteiger partial charge in [0.2, 0.25) is 12.3 Å². The number of rotatable bonds is 4. The summed E-state index contributed by atoms with van der Waals surface area (Å²) in [6.07, 6.45) is 2.22. The third-order valence-corrected chi connectivity index (χ3v) is 1.37. The average molecular weight is 143 g/mol. The van der Waals surface area contributed by atoms with E-state index in [0.29, 0.717) is 6.41 Å². The van der Waals surface area contributed by atoms with Crippen LogP contribution in [0.3, 0.4) is 0 Å². The minimum absolute atomic E-state index is 0.0461. The third-order valence-electron chi connectivity index (χ3n) is 1.37. The first-order chi connectivity index (χ1) is 4.72. The summed E-state index contributed by atoms with van der Waals surface area (Å²) in [5.41, 5.74) is 0. The van der Waals surface area contributed by atoms with E-state index >= 15 is 0 Å². The minimum atomic E-state index is -0.183. The van der Waals surface area contributed by atoms with Crippen molar-refractivity contribution in [1.29, 1.82) is 0 Å². The van der Waals surface area contributed by atoms with Gasteiger partial charge in [0.1, 0.15) is 0 Å². The lowest BCUT2D eigenvalue weighted by atomic mass is 10.1. The Morgan fingerprint density at radius 3 is 2.70 bits per heavy atom. The maximum atomic E-state index is 10.8. The maximum Gasteiger partial charge on any atom is 0.229 e. The molecule has 58 valence electrons. The first-order valence-corrected chi connectivity index (χ1v) is 3.46. The topological polar surface area (TPSA) is 46.2 Å². The van der Waals surface area contributed by atoms with Crippen LogP contribution in [0.15, 0.2) is 0 Å². The van der Waals surface area contributed by atoms with Gasteiger partial charge in [-0.1, -0.05) is 20.3 Å². The molecule has 0 bridgehead atoms. The lowest BCUT2D eigenvalue weighted by molar-refractivity contribution is -0.128. The summed E-state index contributed by atoms with van der Waals surface area (Å²) in [5, 5.41) is 2.11. The lowest BCUT2D eigenvalue weighted by Gasteiger charge is -2.05. The van der Waals surface area contributed by atoms with E-state index in [0.717, 1.165) is 12.8 Å². The quantitative estimate of drug-likeness (QED) is 0.589. The SMILES string of the molecule is CCCC(C)C(=O)NC=O. The number of amides is 2. The van der Waals surface area contributed by atoms with Gasteiger partial charge in [-0.15, -0.1) is 0 Å². The van der Waals surface area contributed by atoms with Gasteiger partial charge in [0.15, 0.2) is 0 Å². The van der Waals surface area contributed by atoms with Crippen LogP contribution in [0.2, 0.25) is 0 Å². The predicted molar refractivity (Wildman–Crippen MR) is 38.3 cm³/mol. The van der Waals surface area contributed by atoms with Gasteiger partial charge in [0.05, 0.1) is 0 Å². The van der Waals surface area contributed by atoms with Crippen LogP contribution in [0.25, 0.3) is 0 Å². The molecule has 0 saturated heterocycles. The van der Waals surface area contributed by atoms with Crippen LogP contribution < -0.4 is 5.32 Å². The molecule has 0 aliphatic carbocycles. The van der Waals surface area contributed by atoms with Gasteiger partial charge in [-0.3, -0.25) is 14.9 Å². The molecule has 1 N–H and O–H groups in total. The smallest absolute Gasteiger partial charge is 0.229 e. The molecular formula is C7H13NO2. The van der Waals surface area contributed by atoms with Crippen LogP contribution in [0.1, 0.15) is 26.7 Å². The summed E-state index contributed by atoms with van der Waals surface area (Å²) >= 11 is 0. The molecule has 0 aliphatic rings. The second kappa shape index (κ2) is 4.97. The second-order valence-corrected chi connectivity index (χ2v) is 2.32. The highest BCUT2D eigenvalue weighted by atomic mass is 16.2. The third kappa shape index (κ3) is 3.22. The number of carbonyl (C=O) groups is 2. The first kappa shape index (κ1) is 9.14. The van der Waals surface area contributed by atoms with Crippen LogP contribution in [0.5, 0.6) is 0 Å². The molecule has 0 aromatic heterocycles. The highest BCUT2D eigenvalue weighted by Gasteiger charge is 2.09. The summed E-state index contributed by atoms with van der Waals surface area (Å²) in [6.45, 7) is 3.81. The molecule has 0 aliphatic heterocycles. The van der Waals surface area contributed by atoms with Crippen molar-refractivity contribution in [2.24, 2.45) is 5.92 Å². The van der Waals surface area contributed by atoms with Crippen LogP contribution in [-0.2, 0) is 9.59 Å². The van der Waals surface area contributed by atoms with E-state index in [1.165, 1.54) is 0 Å². The number of nitrogens with one attached hydrogen (secondary N) is 1. The molecule has 2 amide bonds. The summed E-state index contributed by atoms with van der Waals surface area (Å²) < 4.78 is 0. The highest BCUT2D eigenvalue weighted by molar-refractivity contribution is 5.87. The van der Waals surface area contributed by atoms with E-state index in [4.69, 9.17) is 0 Å². The summed E-state index contributed by atoms with van der Waals surface area (Å²) in [6, 6.07) is 0. The monoisotopic (exact) mass is 143 g/mol. The Kier molecular flexibility index (Phi) is 4.54. The number of hydrogen-bond acceptors (Lipinski definition) is 2. The second-order valence-electron chi connectivity index (χ2n) is 2.32. The van der Waals surface area contributed by atoms with Crippen molar-refractivity contribution in [2.75, 3.05) is 0 Å². The fourth-order valence-electron chi connectivity index (χ4n) is 0.764. The van der Waals surface area contributed by atoms with E-state index in [1.54, 1.807) is 0 Å². The molecule has 0 heterocycles. The Balaban J connectivity index is 3.58. The van der Waals surface area contributed by atoms with Crippen LogP contribution >= 0.6 is 0 Å². The van der Waals surface area contributed by atoms with Gasteiger partial charge in [-0.2, -0.15) is 0 Å². The summed E-state index contributed by atoms with van der Waals surface area (Å²) in [5.74, 6) is -0.230. The van der Waals surface area contributed by atoms with Crippen molar-refractivity contribution in [2.45, 2.75) is 26.7 Å². The molecule has 1 atom stereocenters. The Bertz CT molecular complexity index is 123. The first-order valence-electron chi connectivity index (χ1n) is 3.46. The molecule has 0 fully saturated rings. The maximum absolute atomic E-state index is 10.8. The van der Waals surface area contributed by atoms with Crippen molar-refractivity contribution in [3.05, 3.63) is 0 Å². The van der Waals surface area contributed by atoms with Gasteiger partial charge in [-0.25, -0.2) is 0 Å².